The highest BCUT2D eigenvalue weighted by atomic mass is 16.5. The van der Waals surface area contributed by atoms with E-state index in [1.807, 2.05) is 0 Å². The lowest BCUT2D eigenvalue weighted by Gasteiger charge is -2.58. The number of carbonyl (C=O) groups excluding carboxylic acids is 1. The number of ether oxygens (including phenoxy) is 1. The standard InChI is InChI=1S/C38H54O3/c1-7-28(25(2)3)12-8-26(4)33-17-18-34-32-16-13-29-24-31(20-22-37(29,5)35(32)21-23-38(33,34)6)41-36(40)19-11-27-9-14-30(39)15-10-27/h8-15,19,25-26,28,31-35,39H,7,16-18,20-24H2,1-6H3/b12-8?,19-11+/t26-,28-,31+,32+,33-,34+,35+,37+,38-/m1/s1. The second-order valence-electron chi connectivity index (χ2n) is 14.8. The summed E-state index contributed by atoms with van der Waals surface area (Å²) in [5, 5.41) is 9.46. The summed E-state index contributed by atoms with van der Waals surface area (Å²) in [5.41, 5.74) is 3.15. The number of carbonyl (C=O) groups is 1. The molecule has 3 saturated carbocycles. The minimum atomic E-state index is -0.270. The van der Waals surface area contributed by atoms with E-state index in [0.29, 0.717) is 17.3 Å². The van der Waals surface area contributed by atoms with Crippen LogP contribution in [0.2, 0.25) is 0 Å². The highest BCUT2D eigenvalue weighted by Crippen LogP contribution is 2.67. The summed E-state index contributed by atoms with van der Waals surface area (Å²) >= 11 is 0. The molecular weight excluding hydrogens is 504 g/mol. The third-order valence-corrected chi connectivity index (χ3v) is 12.3. The Morgan fingerprint density at radius 1 is 1.02 bits per heavy atom. The van der Waals surface area contributed by atoms with E-state index < -0.39 is 0 Å². The SMILES string of the molecule is CC[C@H](C=C[C@@H](C)[C@H]1CC[C@H]2[C@@H]3CC=C4C[C@@H](OC(=O)/C=C/c5ccc(O)cc5)CC[C@]4(C)[C@H]3CC[C@]12C)C(C)C. The molecule has 41 heavy (non-hydrogen) atoms. The van der Waals surface area contributed by atoms with Crippen molar-refractivity contribution in [2.45, 2.75) is 105 Å². The fourth-order valence-electron chi connectivity index (χ4n) is 9.87. The molecule has 0 amide bonds. The lowest BCUT2D eigenvalue weighted by Crippen LogP contribution is -2.51. The van der Waals surface area contributed by atoms with Crippen LogP contribution in [0.4, 0.5) is 0 Å². The Kier molecular flexibility index (Phi) is 8.93. The average molecular weight is 559 g/mol. The van der Waals surface area contributed by atoms with Crippen molar-refractivity contribution in [3.8, 4) is 5.75 Å². The van der Waals surface area contributed by atoms with Gasteiger partial charge in [-0.05, 0) is 127 Å². The summed E-state index contributed by atoms with van der Waals surface area (Å²) in [6, 6.07) is 6.84. The lowest BCUT2D eigenvalue weighted by molar-refractivity contribution is -0.145. The number of hydrogen-bond donors (Lipinski definition) is 1. The van der Waals surface area contributed by atoms with Gasteiger partial charge in [-0.1, -0.05) is 77.5 Å². The number of hydrogen-bond acceptors (Lipinski definition) is 3. The van der Waals surface area contributed by atoms with E-state index in [9.17, 15) is 9.90 Å². The maximum atomic E-state index is 12.6. The van der Waals surface area contributed by atoms with Gasteiger partial charge < -0.3 is 9.84 Å². The maximum Gasteiger partial charge on any atom is 0.331 e. The van der Waals surface area contributed by atoms with Crippen LogP contribution in [0, 0.1) is 52.3 Å². The van der Waals surface area contributed by atoms with Gasteiger partial charge in [-0.15, -0.1) is 0 Å². The Morgan fingerprint density at radius 2 is 1.78 bits per heavy atom. The Hall–Kier alpha value is -2.29. The number of esters is 1. The lowest BCUT2D eigenvalue weighted by atomic mass is 9.47. The summed E-state index contributed by atoms with van der Waals surface area (Å²) in [6.07, 6.45) is 21.9. The second kappa shape index (κ2) is 12.1. The molecule has 224 valence electrons. The topological polar surface area (TPSA) is 46.5 Å². The summed E-state index contributed by atoms with van der Waals surface area (Å²) in [4.78, 5) is 12.6. The molecule has 0 unspecified atom stereocenters. The first-order valence-electron chi connectivity index (χ1n) is 16.6. The van der Waals surface area contributed by atoms with E-state index in [-0.39, 0.29) is 23.2 Å². The Balaban J connectivity index is 1.23. The number of allylic oxidation sites excluding steroid dienone is 3. The summed E-state index contributed by atoms with van der Waals surface area (Å²) < 4.78 is 5.93. The molecule has 0 aromatic heterocycles. The normalized spacial score (nSPS) is 36.5. The summed E-state index contributed by atoms with van der Waals surface area (Å²) in [6.45, 7) is 14.7. The van der Waals surface area contributed by atoms with Crippen molar-refractivity contribution in [3.05, 3.63) is 59.7 Å². The highest BCUT2D eigenvalue weighted by molar-refractivity contribution is 5.87. The first-order valence-corrected chi connectivity index (χ1v) is 16.6. The van der Waals surface area contributed by atoms with Gasteiger partial charge in [-0.2, -0.15) is 0 Å². The third-order valence-electron chi connectivity index (χ3n) is 12.3. The van der Waals surface area contributed by atoms with Crippen LogP contribution in [0.5, 0.6) is 5.75 Å². The predicted molar refractivity (Wildman–Crippen MR) is 169 cm³/mol. The van der Waals surface area contributed by atoms with E-state index >= 15 is 0 Å². The van der Waals surface area contributed by atoms with Crippen LogP contribution in [0.15, 0.2) is 54.1 Å². The van der Waals surface area contributed by atoms with Gasteiger partial charge in [0.05, 0.1) is 0 Å². The Bertz CT molecular complexity index is 1160. The zero-order valence-electron chi connectivity index (χ0n) is 26.4. The molecule has 3 nitrogen and oxygen atoms in total. The molecule has 1 N–H and O–H groups in total. The fraction of sp³-hybridized carbons (Fsp3) is 0.658. The number of benzene rings is 1. The van der Waals surface area contributed by atoms with Crippen LogP contribution >= 0.6 is 0 Å². The van der Waals surface area contributed by atoms with Gasteiger partial charge in [-0.25, -0.2) is 4.79 Å². The number of aromatic hydroxyl groups is 1. The highest BCUT2D eigenvalue weighted by Gasteiger charge is 2.59. The largest absolute Gasteiger partial charge is 0.508 e. The number of fused-ring (bicyclic) bond motifs is 5. The van der Waals surface area contributed by atoms with Crippen molar-refractivity contribution >= 4 is 12.0 Å². The minimum Gasteiger partial charge on any atom is -0.508 e. The monoisotopic (exact) mass is 558 g/mol. The van der Waals surface area contributed by atoms with Crippen LogP contribution in [0.1, 0.15) is 105 Å². The molecule has 4 aliphatic carbocycles. The third kappa shape index (κ3) is 5.98. The van der Waals surface area contributed by atoms with E-state index in [0.717, 1.165) is 54.4 Å². The molecule has 1 aromatic carbocycles. The predicted octanol–water partition coefficient (Wildman–Crippen LogP) is 9.77. The molecule has 3 heteroatoms. The maximum absolute atomic E-state index is 12.6. The zero-order valence-corrected chi connectivity index (χ0v) is 26.4. The number of phenols is 1. The van der Waals surface area contributed by atoms with Gasteiger partial charge >= 0.3 is 5.97 Å². The first kappa shape index (κ1) is 30.2. The first-order chi connectivity index (χ1) is 19.5. The van der Waals surface area contributed by atoms with Crippen LogP contribution in [-0.2, 0) is 9.53 Å². The molecule has 0 bridgehead atoms. The quantitative estimate of drug-likeness (QED) is 0.196. The molecule has 0 radical (unpaired) electrons. The van der Waals surface area contributed by atoms with Crippen LogP contribution in [-0.4, -0.2) is 17.2 Å². The smallest absolute Gasteiger partial charge is 0.331 e. The molecule has 0 spiro atoms. The van der Waals surface area contributed by atoms with E-state index in [1.54, 1.807) is 35.9 Å². The van der Waals surface area contributed by atoms with Crippen molar-refractivity contribution in [2.24, 2.45) is 52.3 Å². The number of phenolic OH excluding ortho intramolecular Hbond substituents is 1. The van der Waals surface area contributed by atoms with E-state index in [2.05, 4.69) is 59.8 Å². The second-order valence-corrected chi connectivity index (χ2v) is 14.8. The molecule has 0 heterocycles. The minimum absolute atomic E-state index is 0.0296. The van der Waals surface area contributed by atoms with Gasteiger partial charge in [0.2, 0.25) is 0 Å². The molecule has 0 saturated heterocycles. The van der Waals surface area contributed by atoms with Gasteiger partial charge in [0, 0.05) is 12.5 Å². The zero-order chi connectivity index (χ0) is 29.4. The molecule has 5 rings (SSSR count). The van der Waals surface area contributed by atoms with Crippen molar-refractivity contribution in [2.75, 3.05) is 0 Å². The van der Waals surface area contributed by atoms with Gasteiger partial charge in [0.1, 0.15) is 11.9 Å². The van der Waals surface area contributed by atoms with Gasteiger partial charge in [0.25, 0.3) is 0 Å². The van der Waals surface area contributed by atoms with Crippen molar-refractivity contribution in [1.29, 1.82) is 0 Å². The van der Waals surface area contributed by atoms with Gasteiger partial charge in [-0.3, -0.25) is 0 Å². The fourth-order valence-corrected chi connectivity index (χ4v) is 9.87. The van der Waals surface area contributed by atoms with Crippen molar-refractivity contribution in [3.63, 3.8) is 0 Å². The molecule has 0 aliphatic heterocycles. The summed E-state index contributed by atoms with van der Waals surface area (Å²) in [7, 11) is 0. The van der Waals surface area contributed by atoms with E-state index in [4.69, 9.17) is 4.74 Å². The molecular formula is C38H54O3. The van der Waals surface area contributed by atoms with Crippen molar-refractivity contribution in [1.82, 2.24) is 0 Å². The molecule has 4 aliphatic rings. The van der Waals surface area contributed by atoms with Crippen LogP contribution < -0.4 is 0 Å². The van der Waals surface area contributed by atoms with Gasteiger partial charge in [0.15, 0.2) is 0 Å². The van der Waals surface area contributed by atoms with Crippen molar-refractivity contribution < 1.29 is 14.6 Å². The molecule has 9 atom stereocenters. The molecule has 3 fully saturated rings. The summed E-state index contributed by atoms with van der Waals surface area (Å²) in [5.74, 6) is 5.24. The number of rotatable bonds is 8. The van der Waals surface area contributed by atoms with Crippen LogP contribution in [0.25, 0.3) is 6.08 Å². The van der Waals surface area contributed by atoms with E-state index in [1.165, 1.54) is 44.6 Å². The average Bonchev–Trinajstić information content (AvgIpc) is 3.30. The molecule has 1 aromatic rings. The Labute approximate surface area is 249 Å². The van der Waals surface area contributed by atoms with Crippen LogP contribution in [0.3, 0.4) is 0 Å². The Morgan fingerprint density at radius 3 is 2.49 bits per heavy atom.